The third-order valence-corrected chi connectivity index (χ3v) is 4.19. The van der Waals surface area contributed by atoms with Crippen LogP contribution in [0.25, 0.3) is 0 Å². The summed E-state index contributed by atoms with van der Waals surface area (Å²) in [5.41, 5.74) is 7.27. The van der Waals surface area contributed by atoms with Crippen molar-refractivity contribution < 1.29 is 0 Å². The largest absolute Gasteiger partial charge is 0.388 e. The first-order valence-corrected chi connectivity index (χ1v) is 6.99. The summed E-state index contributed by atoms with van der Waals surface area (Å²) in [6.45, 7) is 4.69. The van der Waals surface area contributed by atoms with Gasteiger partial charge in [0.25, 0.3) is 0 Å². The number of thiocarbonyl (C=S) groups is 1. The Balaban J connectivity index is 1.95. The van der Waals surface area contributed by atoms with E-state index >= 15 is 0 Å². The molecule has 0 radical (unpaired) electrons. The lowest BCUT2D eigenvalue weighted by Crippen LogP contribution is -2.30. The van der Waals surface area contributed by atoms with E-state index in [-0.39, 0.29) is 0 Å². The van der Waals surface area contributed by atoms with Crippen LogP contribution in [0, 0.1) is 11.8 Å². The minimum Gasteiger partial charge on any atom is -0.388 e. The molecule has 0 saturated heterocycles. The van der Waals surface area contributed by atoms with Crippen molar-refractivity contribution >= 4 is 22.9 Å². The van der Waals surface area contributed by atoms with Gasteiger partial charge in [-0.2, -0.15) is 0 Å². The number of hydrogen-bond acceptors (Lipinski definition) is 3. The van der Waals surface area contributed by atoms with Gasteiger partial charge in [-0.15, -0.1) is 0 Å². The first-order valence-electron chi connectivity index (χ1n) is 6.58. The fraction of sp³-hybridized carbons (Fsp3) is 0.571. The molecule has 1 aliphatic rings. The summed E-state index contributed by atoms with van der Waals surface area (Å²) in [7, 11) is 0. The van der Waals surface area contributed by atoms with E-state index in [1.54, 1.807) is 0 Å². The van der Waals surface area contributed by atoms with Gasteiger partial charge in [-0.25, -0.2) is 0 Å². The van der Waals surface area contributed by atoms with E-state index in [0.717, 1.165) is 17.5 Å². The van der Waals surface area contributed by atoms with E-state index < -0.39 is 0 Å². The van der Waals surface area contributed by atoms with Crippen molar-refractivity contribution in [3.8, 4) is 0 Å². The Morgan fingerprint density at radius 2 is 2.11 bits per heavy atom. The molecule has 1 aromatic heterocycles. The highest BCUT2D eigenvalue weighted by Crippen LogP contribution is 2.30. The van der Waals surface area contributed by atoms with Gasteiger partial charge in [-0.3, -0.25) is 4.98 Å². The number of nitrogens with two attached hydrogens (primary N) is 1. The highest BCUT2D eigenvalue weighted by atomic mass is 32.1. The fourth-order valence-corrected chi connectivity index (χ4v) is 2.66. The number of hydrogen-bond donors (Lipinski definition) is 2. The summed E-state index contributed by atoms with van der Waals surface area (Å²) in [6, 6.07) is 4.44. The van der Waals surface area contributed by atoms with Crippen LogP contribution < -0.4 is 11.1 Å². The monoisotopic (exact) mass is 263 g/mol. The molecular weight excluding hydrogens is 242 g/mol. The molecular formula is C14H21N3S. The van der Waals surface area contributed by atoms with Crippen molar-refractivity contribution in [2.24, 2.45) is 17.6 Å². The van der Waals surface area contributed by atoms with Gasteiger partial charge in [0.05, 0.1) is 17.6 Å². The Kier molecular flexibility index (Phi) is 4.17. The van der Waals surface area contributed by atoms with E-state index in [9.17, 15) is 0 Å². The summed E-state index contributed by atoms with van der Waals surface area (Å²) in [6.07, 6.45) is 5.59. The van der Waals surface area contributed by atoms with Crippen LogP contribution in [0.4, 0.5) is 5.69 Å². The van der Waals surface area contributed by atoms with Gasteiger partial charge in [-0.05, 0) is 43.2 Å². The van der Waals surface area contributed by atoms with Crippen LogP contribution in [0.3, 0.4) is 0 Å². The Bertz CT molecular complexity index is 416. The van der Waals surface area contributed by atoms with Crippen LogP contribution in [0.2, 0.25) is 0 Å². The molecule has 1 aromatic rings. The van der Waals surface area contributed by atoms with E-state index in [1.807, 2.05) is 18.3 Å². The van der Waals surface area contributed by atoms with E-state index in [4.69, 9.17) is 18.0 Å². The number of aromatic nitrogens is 1. The number of nitrogens with zero attached hydrogens (tertiary/aromatic N) is 1. The smallest absolute Gasteiger partial charge is 0.122 e. The first kappa shape index (κ1) is 13.3. The van der Waals surface area contributed by atoms with Gasteiger partial charge in [0.15, 0.2) is 0 Å². The van der Waals surface area contributed by atoms with Crippen molar-refractivity contribution in [2.45, 2.75) is 39.2 Å². The standard InChI is InChI=1S/C14H21N3S/c1-9-3-4-11(7-10(9)2)17-12-5-6-13(14(15)18)16-8-12/h5-6,8-11,17H,3-4,7H2,1-2H3,(H2,15,18). The van der Waals surface area contributed by atoms with Crippen LogP contribution in [0.1, 0.15) is 38.8 Å². The normalized spacial score (nSPS) is 27.8. The lowest BCUT2D eigenvalue weighted by molar-refractivity contribution is 0.261. The minimum absolute atomic E-state index is 0.349. The Hall–Kier alpha value is -1.16. The second-order valence-electron chi connectivity index (χ2n) is 5.41. The Labute approximate surface area is 114 Å². The van der Waals surface area contributed by atoms with E-state index in [2.05, 4.69) is 24.1 Å². The molecule has 1 fully saturated rings. The van der Waals surface area contributed by atoms with Gasteiger partial charge < -0.3 is 11.1 Å². The molecule has 3 unspecified atom stereocenters. The van der Waals surface area contributed by atoms with Crippen LogP contribution in [0.5, 0.6) is 0 Å². The second-order valence-corrected chi connectivity index (χ2v) is 5.85. The average Bonchev–Trinajstić information content (AvgIpc) is 2.34. The molecule has 4 heteroatoms. The number of rotatable bonds is 3. The molecule has 1 heterocycles. The molecule has 0 spiro atoms. The maximum Gasteiger partial charge on any atom is 0.122 e. The summed E-state index contributed by atoms with van der Waals surface area (Å²) >= 11 is 4.89. The summed E-state index contributed by atoms with van der Waals surface area (Å²) in [5, 5.41) is 3.55. The van der Waals surface area contributed by atoms with Gasteiger partial charge in [0, 0.05) is 6.04 Å². The molecule has 98 valence electrons. The molecule has 3 atom stereocenters. The van der Waals surface area contributed by atoms with Crippen LogP contribution in [0.15, 0.2) is 18.3 Å². The molecule has 0 bridgehead atoms. The number of pyridine rings is 1. The molecule has 18 heavy (non-hydrogen) atoms. The Morgan fingerprint density at radius 1 is 1.33 bits per heavy atom. The molecule has 3 N–H and O–H groups in total. The highest BCUT2D eigenvalue weighted by Gasteiger charge is 2.24. The van der Waals surface area contributed by atoms with Crippen molar-refractivity contribution in [3.63, 3.8) is 0 Å². The second kappa shape index (κ2) is 5.65. The maximum atomic E-state index is 5.53. The molecule has 2 rings (SSSR count). The number of anilines is 1. The van der Waals surface area contributed by atoms with Crippen LogP contribution >= 0.6 is 12.2 Å². The van der Waals surface area contributed by atoms with Gasteiger partial charge >= 0.3 is 0 Å². The SMILES string of the molecule is CC1CCC(Nc2ccc(C(N)=S)nc2)CC1C. The Morgan fingerprint density at radius 3 is 2.67 bits per heavy atom. The zero-order valence-electron chi connectivity index (χ0n) is 11.0. The fourth-order valence-electron chi connectivity index (χ4n) is 2.54. The predicted molar refractivity (Wildman–Crippen MR) is 79.7 cm³/mol. The lowest BCUT2D eigenvalue weighted by Gasteiger charge is -2.33. The maximum absolute atomic E-state index is 5.53. The van der Waals surface area contributed by atoms with Gasteiger partial charge in [0.2, 0.25) is 0 Å². The first-order chi connectivity index (χ1) is 8.56. The van der Waals surface area contributed by atoms with Gasteiger partial charge in [-0.1, -0.05) is 26.1 Å². The van der Waals surface area contributed by atoms with Crippen molar-refractivity contribution in [3.05, 3.63) is 24.0 Å². The third-order valence-electron chi connectivity index (χ3n) is 3.98. The highest BCUT2D eigenvalue weighted by molar-refractivity contribution is 7.80. The van der Waals surface area contributed by atoms with E-state index in [0.29, 0.717) is 16.7 Å². The molecule has 0 amide bonds. The van der Waals surface area contributed by atoms with Crippen LogP contribution in [-0.2, 0) is 0 Å². The zero-order chi connectivity index (χ0) is 13.1. The number of nitrogens with one attached hydrogen (secondary N) is 1. The summed E-state index contributed by atoms with van der Waals surface area (Å²) in [4.78, 5) is 4.60. The zero-order valence-corrected chi connectivity index (χ0v) is 11.8. The minimum atomic E-state index is 0.349. The van der Waals surface area contributed by atoms with E-state index in [1.165, 1.54) is 19.3 Å². The average molecular weight is 263 g/mol. The summed E-state index contributed by atoms with van der Waals surface area (Å²) < 4.78 is 0. The molecule has 3 nitrogen and oxygen atoms in total. The topological polar surface area (TPSA) is 50.9 Å². The predicted octanol–water partition coefficient (Wildman–Crippen LogP) is 2.95. The van der Waals surface area contributed by atoms with Crippen molar-refractivity contribution in [1.82, 2.24) is 4.98 Å². The quantitative estimate of drug-likeness (QED) is 0.823. The van der Waals surface area contributed by atoms with Crippen molar-refractivity contribution in [1.29, 1.82) is 0 Å². The summed E-state index contributed by atoms with van der Waals surface area (Å²) in [5.74, 6) is 1.64. The molecule has 0 aliphatic heterocycles. The van der Waals surface area contributed by atoms with Crippen LogP contribution in [-0.4, -0.2) is 16.0 Å². The third kappa shape index (κ3) is 3.19. The lowest BCUT2D eigenvalue weighted by atomic mass is 9.79. The molecule has 1 saturated carbocycles. The molecule has 1 aliphatic carbocycles. The van der Waals surface area contributed by atoms with Crippen molar-refractivity contribution in [2.75, 3.05) is 5.32 Å². The molecule has 0 aromatic carbocycles. The van der Waals surface area contributed by atoms with Gasteiger partial charge in [0.1, 0.15) is 4.99 Å².